The van der Waals surface area contributed by atoms with Gasteiger partial charge in [0.25, 0.3) is 0 Å². The molecule has 0 amide bonds. The highest BCUT2D eigenvalue weighted by atomic mass is 35.5. The van der Waals surface area contributed by atoms with Crippen molar-refractivity contribution in [1.29, 1.82) is 0 Å². The maximum atomic E-state index is 12.2. The number of hydrogen-bond acceptors (Lipinski definition) is 2. The molecule has 0 aromatic heterocycles. The SMILES string of the molecule is CC1(C(=O)Cc2cccc(Cl)c2Cl)CCCN1. The standard InChI is InChI=1S/C13H15Cl2NO/c1-13(6-3-7-16-13)11(17)8-9-4-2-5-10(14)12(9)15/h2,4-5,16H,3,6-8H2,1H3. The first-order valence-electron chi connectivity index (χ1n) is 5.74. The van der Waals surface area contributed by atoms with E-state index in [2.05, 4.69) is 5.32 Å². The van der Waals surface area contributed by atoms with Crippen LogP contribution in [0.25, 0.3) is 0 Å². The van der Waals surface area contributed by atoms with Crippen molar-refractivity contribution in [2.24, 2.45) is 0 Å². The lowest BCUT2D eigenvalue weighted by Crippen LogP contribution is -2.45. The summed E-state index contributed by atoms with van der Waals surface area (Å²) in [4.78, 5) is 12.2. The largest absolute Gasteiger partial charge is 0.305 e. The number of halogens is 2. The predicted molar refractivity (Wildman–Crippen MR) is 70.8 cm³/mol. The number of Topliss-reactive ketones (excluding diaryl/α,β-unsaturated/α-hetero) is 1. The first-order chi connectivity index (χ1) is 8.03. The molecule has 4 heteroatoms. The van der Waals surface area contributed by atoms with Crippen LogP contribution in [0, 0.1) is 0 Å². The van der Waals surface area contributed by atoms with Gasteiger partial charge in [0.1, 0.15) is 0 Å². The van der Waals surface area contributed by atoms with Crippen molar-refractivity contribution in [1.82, 2.24) is 5.32 Å². The number of hydrogen-bond donors (Lipinski definition) is 1. The van der Waals surface area contributed by atoms with E-state index in [4.69, 9.17) is 23.2 Å². The van der Waals surface area contributed by atoms with Crippen LogP contribution >= 0.6 is 23.2 Å². The zero-order chi connectivity index (χ0) is 12.5. The molecule has 1 aromatic rings. The molecule has 1 aliphatic heterocycles. The fourth-order valence-electron chi connectivity index (χ4n) is 2.19. The Morgan fingerprint density at radius 1 is 1.47 bits per heavy atom. The molecule has 2 rings (SSSR count). The van der Waals surface area contributed by atoms with Gasteiger partial charge in [0.15, 0.2) is 5.78 Å². The average molecular weight is 272 g/mol. The molecule has 2 nitrogen and oxygen atoms in total. The van der Waals surface area contributed by atoms with Gasteiger partial charge in [-0.3, -0.25) is 4.79 Å². The van der Waals surface area contributed by atoms with Crippen LogP contribution < -0.4 is 5.32 Å². The summed E-state index contributed by atoms with van der Waals surface area (Å²) in [5.41, 5.74) is 0.408. The molecule has 0 spiro atoms. The summed E-state index contributed by atoms with van der Waals surface area (Å²) >= 11 is 12.0. The van der Waals surface area contributed by atoms with Gasteiger partial charge >= 0.3 is 0 Å². The van der Waals surface area contributed by atoms with Gasteiger partial charge < -0.3 is 5.32 Å². The maximum Gasteiger partial charge on any atom is 0.156 e. The summed E-state index contributed by atoms with van der Waals surface area (Å²) in [5.74, 6) is 0.180. The third kappa shape index (κ3) is 2.65. The van der Waals surface area contributed by atoms with Crippen molar-refractivity contribution >= 4 is 29.0 Å². The van der Waals surface area contributed by atoms with Crippen molar-refractivity contribution < 1.29 is 4.79 Å². The molecular formula is C13H15Cl2NO. The molecule has 1 N–H and O–H groups in total. The second-order valence-corrected chi connectivity index (χ2v) is 5.46. The number of benzene rings is 1. The average Bonchev–Trinajstić information content (AvgIpc) is 2.73. The van der Waals surface area contributed by atoms with Crippen molar-refractivity contribution in [3.63, 3.8) is 0 Å². The monoisotopic (exact) mass is 271 g/mol. The van der Waals surface area contributed by atoms with E-state index in [1.807, 2.05) is 19.1 Å². The second kappa shape index (κ2) is 4.97. The second-order valence-electron chi connectivity index (χ2n) is 4.68. The van der Waals surface area contributed by atoms with Crippen LogP contribution in [0.15, 0.2) is 18.2 Å². The molecule has 1 saturated heterocycles. The van der Waals surface area contributed by atoms with Crippen molar-refractivity contribution in [2.45, 2.75) is 31.7 Å². The van der Waals surface area contributed by atoms with Gasteiger partial charge in [-0.15, -0.1) is 0 Å². The van der Waals surface area contributed by atoms with Gasteiger partial charge in [-0.25, -0.2) is 0 Å². The van der Waals surface area contributed by atoms with Crippen LogP contribution in [0.5, 0.6) is 0 Å². The zero-order valence-corrected chi connectivity index (χ0v) is 11.2. The van der Waals surface area contributed by atoms with Crippen LogP contribution in [-0.2, 0) is 11.2 Å². The van der Waals surface area contributed by atoms with Crippen molar-refractivity contribution in [3.8, 4) is 0 Å². The Bertz CT molecular complexity index is 439. The lowest BCUT2D eigenvalue weighted by molar-refractivity contribution is -0.123. The summed E-state index contributed by atoms with van der Waals surface area (Å²) in [6.45, 7) is 2.87. The third-order valence-electron chi connectivity index (χ3n) is 3.37. The molecule has 1 aliphatic rings. The lowest BCUT2D eigenvalue weighted by Gasteiger charge is -2.22. The molecule has 0 radical (unpaired) electrons. The Hall–Kier alpha value is -0.570. The Kier molecular flexibility index (Phi) is 3.76. The summed E-state index contributed by atoms with van der Waals surface area (Å²) in [6.07, 6.45) is 2.28. The highest BCUT2D eigenvalue weighted by molar-refractivity contribution is 6.42. The highest BCUT2D eigenvalue weighted by Crippen LogP contribution is 2.28. The van der Waals surface area contributed by atoms with E-state index in [0.29, 0.717) is 16.5 Å². The Labute approximate surface area is 111 Å². The molecule has 92 valence electrons. The Morgan fingerprint density at radius 3 is 2.88 bits per heavy atom. The Morgan fingerprint density at radius 2 is 2.24 bits per heavy atom. The molecular weight excluding hydrogens is 257 g/mol. The first-order valence-corrected chi connectivity index (χ1v) is 6.50. The first kappa shape index (κ1) is 12.9. The van der Waals surface area contributed by atoms with Gasteiger partial charge in [0.05, 0.1) is 15.6 Å². The van der Waals surface area contributed by atoms with Crippen LogP contribution in [-0.4, -0.2) is 17.9 Å². The summed E-state index contributed by atoms with van der Waals surface area (Å²) < 4.78 is 0. The van der Waals surface area contributed by atoms with E-state index < -0.39 is 5.54 Å². The summed E-state index contributed by atoms with van der Waals surface area (Å²) in [7, 11) is 0. The van der Waals surface area contributed by atoms with Crippen LogP contribution in [0.1, 0.15) is 25.3 Å². The van der Waals surface area contributed by atoms with E-state index >= 15 is 0 Å². The predicted octanol–water partition coefficient (Wildman–Crippen LogP) is 3.25. The van der Waals surface area contributed by atoms with Crippen LogP contribution in [0.4, 0.5) is 0 Å². The molecule has 1 fully saturated rings. The normalized spacial score (nSPS) is 23.9. The zero-order valence-electron chi connectivity index (χ0n) is 9.72. The minimum Gasteiger partial charge on any atom is -0.305 e. The molecule has 1 heterocycles. The third-order valence-corrected chi connectivity index (χ3v) is 4.22. The molecule has 0 bridgehead atoms. The van der Waals surface area contributed by atoms with Crippen LogP contribution in [0.3, 0.4) is 0 Å². The maximum absolute atomic E-state index is 12.2. The summed E-state index contributed by atoms with van der Waals surface area (Å²) in [5, 5.41) is 4.25. The highest BCUT2D eigenvalue weighted by Gasteiger charge is 2.35. The van der Waals surface area contributed by atoms with Gasteiger partial charge in [-0.05, 0) is 37.9 Å². The fourth-order valence-corrected chi connectivity index (χ4v) is 2.57. The Balaban J connectivity index is 2.16. The van der Waals surface area contributed by atoms with Gasteiger partial charge in [-0.1, -0.05) is 35.3 Å². The smallest absolute Gasteiger partial charge is 0.156 e. The van der Waals surface area contributed by atoms with Crippen molar-refractivity contribution in [2.75, 3.05) is 6.54 Å². The minimum atomic E-state index is -0.397. The number of carbonyl (C=O) groups is 1. The lowest BCUT2D eigenvalue weighted by atomic mass is 9.90. The topological polar surface area (TPSA) is 29.1 Å². The molecule has 0 saturated carbocycles. The van der Waals surface area contributed by atoms with E-state index in [9.17, 15) is 4.79 Å². The van der Waals surface area contributed by atoms with Crippen LogP contribution in [0.2, 0.25) is 10.0 Å². The van der Waals surface area contributed by atoms with Gasteiger partial charge in [0, 0.05) is 6.42 Å². The van der Waals surface area contributed by atoms with E-state index in [1.54, 1.807) is 6.07 Å². The number of carbonyl (C=O) groups excluding carboxylic acids is 1. The quantitative estimate of drug-likeness (QED) is 0.915. The number of nitrogens with one attached hydrogen (secondary N) is 1. The van der Waals surface area contributed by atoms with E-state index in [-0.39, 0.29) is 5.78 Å². The van der Waals surface area contributed by atoms with Crippen molar-refractivity contribution in [3.05, 3.63) is 33.8 Å². The fraction of sp³-hybridized carbons (Fsp3) is 0.462. The molecule has 1 atom stereocenters. The summed E-state index contributed by atoms with van der Waals surface area (Å²) in [6, 6.07) is 5.40. The number of ketones is 1. The van der Waals surface area contributed by atoms with Gasteiger partial charge in [-0.2, -0.15) is 0 Å². The molecule has 1 unspecified atom stereocenters. The molecule has 1 aromatic carbocycles. The molecule has 0 aliphatic carbocycles. The minimum absolute atomic E-state index is 0.180. The molecule has 17 heavy (non-hydrogen) atoms. The number of rotatable bonds is 3. The van der Waals surface area contributed by atoms with Gasteiger partial charge in [0.2, 0.25) is 0 Å². The van der Waals surface area contributed by atoms with E-state index in [0.717, 1.165) is 24.9 Å². The van der Waals surface area contributed by atoms with E-state index in [1.165, 1.54) is 0 Å².